The van der Waals surface area contributed by atoms with Gasteiger partial charge in [0.15, 0.2) is 0 Å². The molecular weight excluding hydrogens is 965 g/mol. The first-order chi connectivity index (χ1) is 34.9. The molecule has 4 heterocycles. The number of amides is 6. The van der Waals surface area contributed by atoms with Gasteiger partial charge in [0.25, 0.3) is 0 Å². The number of nitrogens with zero attached hydrogens (tertiary/aromatic N) is 2. The maximum atomic E-state index is 14.6. The van der Waals surface area contributed by atoms with Crippen LogP contribution in [-0.4, -0.2) is 130 Å². The van der Waals surface area contributed by atoms with E-state index in [2.05, 4.69) is 61.1 Å². The van der Waals surface area contributed by atoms with Crippen LogP contribution in [0.25, 0.3) is 0 Å². The Balaban J connectivity index is 0.816. The van der Waals surface area contributed by atoms with Crippen LogP contribution in [-0.2, 0) is 55.8 Å². The van der Waals surface area contributed by atoms with E-state index in [0.29, 0.717) is 90.6 Å². The quantitative estimate of drug-likeness (QED) is 0.105. The van der Waals surface area contributed by atoms with E-state index in [4.69, 9.17) is 14.2 Å². The third-order valence-electron chi connectivity index (χ3n) is 16.3. The van der Waals surface area contributed by atoms with Gasteiger partial charge < -0.3 is 45.3 Å². The van der Waals surface area contributed by atoms with Gasteiger partial charge in [-0.3, -0.25) is 28.8 Å². The van der Waals surface area contributed by atoms with Crippen molar-refractivity contribution >= 4 is 59.0 Å². The zero-order valence-corrected chi connectivity index (χ0v) is 45.9. The van der Waals surface area contributed by atoms with Gasteiger partial charge in [-0.2, -0.15) is 0 Å². The van der Waals surface area contributed by atoms with Crippen molar-refractivity contribution in [3.63, 3.8) is 0 Å². The number of fused-ring (bicyclic) bond motifs is 4. The molecule has 0 aromatic heterocycles. The van der Waals surface area contributed by atoms with E-state index in [9.17, 15) is 28.8 Å². The van der Waals surface area contributed by atoms with E-state index in [1.54, 1.807) is 33.3 Å². The third-order valence-corrected chi connectivity index (χ3v) is 18.8. The molecule has 73 heavy (non-hydrogen) atoms. The number of ether oxygens (including phenoxy) is 3. The second-order valence-electron chi connectivity index (χ2n) is 22.6. The van der Waals surface area contributed by atoms with Gasteiger partial charge in [-0.15, -0.1) is 23.5 Å². The molecular formula is C56H80N6O9S2. The van der Waals surface area contributed by atoms with Gasteiger partial charge in [0.1, 0.15) is 24.2 Å². The summed E-state index contributed by atoms with van der Waals surface area (Å²) in [5.41, 5.74) is 3.32. The lowest BCUT2D eigenvalue weighted by Gasteiger charge is -2.35. The Bertz CT molecular complexity index is 2180. The number of carbonyl (C=O) groups is 6. The first-order valence-electron chi connectivity index (χ1n) is 27.0. The fourth-order valence-corrected chi connectivity index (χ4v) is 15.0. The van der Waals surface area contributed by atoms with Crippen LogP contribution in [0.2, 0.25) is 0 Å². The zero-order valence-electron chi connectivity index (χ0n) is 44.2. The molecule has 0 bridgehead atoms. The summed E-state index contributed by atoms with van der Waals surface area (Å²) in [7, 11) is 0. The Morgan fingerprint density at radius 2 is 1.01 bits per heavy atom. The van der Waals surface area contributed by atoms with E-state index in [1.807, 2.05) is 64.1 Å². The molecule has 12 atom stereocenters. The molecule has 1 unspecified atom stereocenters. The lowest BCUT2D eigenvalue weighted by Crippen LogP contribution is -2.57. The lowest BCUT2D eigenvalue weighted by atomic mass is 9.83. The second-order valence-corrected chi connectivity index (χ2v) is 25.1. The summed E-state index contributed by atoms with van der Waals surface area (Å²) >= 11 is 3.38. The van der Waals surface area contributed by atoms with Gasteiger partial charge in [-0.1, -0.05) is 104 Å². The van der Waals surface area contributed by atoms with Gasteiger partial charge in [-0.25, -0.2) is 0 Å². The van der Waals surface area contributed by atoms with Gasteiger partial charge >= 0.3 is 0 Å². The predicted molar refractivity (Wildman–Crippen MR) is 284 cm³/mol. The van der Waals surface area contributed by atoms with Crippen molar-refractivity contribution in [3.8, 4) is 0 Å². The summed E-state index contributed by atoms with van der Waals surface area (Å²) < 4.78 is 19.1. The van der Waals surface area contributed by atoms with E-state index in [0.717, 1.165) is 33.8 Å². The van der Waals surface area contributed by atoms with Crippen LogP contribution >= 0.6 is 23.5 Å². The van der Waals surface area contributed by atoms with Crippen molar-refractivity contribution < 1.29 is 43.0 Å². The average molecular weight is 1050 g/mol. The molecule has 0 spiro atoms. The minimum absolute atomic E-state index is 0.133. The molecule has 4 aliphatic heterocycles. The lowest BCUT2D eigenvalue weighted by molar-refractivity contribution is -0.144. The summed E-state index contributed by atoms with van der Waals surface area (Å²) in [6.45, 7) is 17.7. The summed E-state index contributed by atoms with van der Waals surface area (Å²) in [5, 5.41) is 12.4. The van der Waals surface area contributed by atoms with E-state index in [1.165, 1.54) is 0 Å². The first-order valence-corrected chi connectivity index (χ1v) is 29.1. The van der Waals surface area contributed by atoms with Crippen molar-refractivity contribution in [3.05, 3.63) is 70.8 Å². The molecule has 4 N–H and O–H groups in total. The van der Waals surface area contributed by atoms with Crippen molar-refractivity contribution in [1.82, 2.24) is 31.1 Å². The standard InChI is InChI=1S/C56H80N6O9S2/c1-9-33(3)49(63)57-39-21-27-72-43-31-55(5,6)47(61(43)53(39)67)51(65)59-45-37-19-13-11-17-35(37)29-41(45)70-25-15-23-69-24-16-26-71-42-30-36-18-12-14-20-38(36)46(42)60-52(66)48-56(7,8)32-44-62(48)54(68)40(22-28-73-44)58-50(64)34(4)10-2/h11-14,17-20,33-34,39-48H,9-10,15-16,21-32H2,1-8H3,(H,57,63)(H,58,64)(H,59,65)(H,60,66)/t33-,34-,39+,40?,41-,42-,43+,44+,45+,46+,47-,48-/m1/s1. The smallest absolute Gasteiger partial charge is 0.246 e. The van der Waals surface area contributed by atoms with Crippen LogP contribution in [0.3, 0.4) is 0 Å². The third kappa shape index (κ3) is 12.1. The molecule has 15 nitrogen and oxygen atoms in total. The van der Waals surface area contributed by atoms with Crippen LogP contribution < -0.4 is 21.3 Å². The highest BCUT2D eigenvalue weighted by Gasteiger charge is 2.57. The molecule has 4 fully saturated rings. The largest absolute Gasteiger partial charge is 0.381 e. The molecule has 2 aromatic carbocycles. The van der Waals surface area contributed by atoms with Crippen molar-refractivity contribution in [2.45, 2.75) is 179 Å². The summed E-state index contributed by atoms with van der Waals surface area (Å²) in [5.74, 6) is -0.0136. The molecule has 6 amide bonds. The van der Waals surface area contributed by atoms with Crippen molar-refractivity contribution in [1.29, 1.82) is 0 Å². The van der Waals surface area contributed by atoms with Crippen LogP contribution in [0.1, 0.15) is 141 Å². The van der Waals surface area contributed by atoms with Crippen LogP contribution in [0.15, 0.2) is 48.5 Å². The number of carbonyl (C=O) groups excluding carboxylic acids is 6. The SMILES string of the molecule is CC[C@@H](C)C(=O)NC1CCS[C@H]2CC(C)(C)[C@@H](C(=O)N[C@H]3c4ccccc4C[C@H]3OCCCOCCCO[C@@H]3Cc4ccccc4[C@@H]3NC(=O)[C@H]3N4C(=O)[C@@H](NC(=O)[C@H](C)CC)CCS[C@H]4CC3(C)C)N2C1=O. The first kappa shape index (κ1) is 55.1. The van der Waals surface area contributed by atoms with E-state index >= 15 is 0 Å². The number of hydrogen-bond donors (Lipinski definition) is 4. The van der Waals surface area contributed by atoms with Crippen LogP contribution in [0.5, 0.6) is 0 Å². The fourth-order valence-electron chi connectivity index (χ4n) is 11.8. The van der Waals surface area contributed by atoms with Crippen molar-refractivity contribution in [2.24, 2.45) is 22.7 Å². The number of thioether (sulfide) groups is 2. The Morgan fingerprint density at radius 1 is 0.616 bits per heavy atom. The summed E-state index contributed by atoms with van der Waals surface area (Å²) in [6.07, 6.45) is 5.81. The normalized spacial score (nSPS) is 29.8. The number of benzene rings is 2. The Morgan fingerprint density at radius 3 is 1.41 bits per heavy atom. The highest BCUT2D eigenvalue weighted by Crippen LogP contribution is 2.48. The van der Waals surface area contributed by atoms with Gasteiger partial charge in [-0.05, 0) is 96.0 Å². The highest BCUT2D eigenvalue weighted by atomic mass is 32.2. The van der Waals surface area contributed by atoms with Gasteiger partial charge in [0.2, 0.25) is 35.4 Å². The van der Waals surface area contributed by atoms with E-state index in [-0.39, 0.29) is 82.3 Å². The summed E-state index contributed by atoms with van der Waals surface area (Å²) in [4.78, 5) is 86.9. The van der Waals surface area contributed by atoms with Gasteiger partial charge in [0, 0.05) is 51.1 Å². The number of nitrogens with one attached hydrogen (secondary N) is 4. The molecule has 0 saturated carbocycles. The fraction of sp³-hybridized carbons (Fsp3) is 0.679. The number of hydrogen-bond acceptors (Lipinski definition) is 11. The molecule has 2 aliphatic carbocycles. The minimum Gasteiger partial charge on any atom is -0.381 e. The molecule has 6 aliphatic rings. The van der Waals surface area contributed by atoms with Crippen LogP contribution in [0.4, 0.5) is 0 Å². The monoisotopic (exact) mass is 1040 g/mol. The molecule has 17 heteroatoms. The number of rotatable bonds is 20. The topological polar surface area (TPSA) is 185 Å². The Hall–Kier alpha value is -4.16. The summed E-state index contributed by atoms with van der Waals surface area (Å²) in [6, 6.07) is 12.7. The van der Waals surface area contributed by atoms with E-state index < -0.39 is 35.0 Å². The molecule has 400 valence electrons. The molecule has 4 saturated heterocycles. The predicted octanol–water partition coefficient (Wildman–Crippen LogP) is 6.62. The van der Waals surface area contributed by atoms with Crippen molar-refractivity contribution in [2.75, 3.05) is 37.9 Å². The molecule has 0 radical (unpaired) electrons. The Labute approximate surface area is 441 Å². The maximum absolute atomic E-state index is 14.6. The minimum atomic E-state index is -0.703. The second kappa shape index (κ2) is 23.8. The molecule has 2 aromatic rings. The zero-order chi connectivity index (χ0) is 52.2. The van der Waals surface area contributed by atoms with Crippen LogP contribution in [0, 0.1) is 22.7 Å². The Kier molecular flexibility index (Phi) is 18.0. The maximum Gasteiger partial charge on any atom is 0.246 e. The molecule has 8 rings (SSSR count). The highest BCUT2D eigenvalue weighted by molar-refractivity contribution is 8.00. The average Bonchev–Trinajstić information content (AvgIpc) is 4.01. The van der Waals surface area contributed by atoms with Gasteiger partial charge in [0.05, 0.1) is 35.0 Å².